The maximum Gasteiger partial charge on any atom is 0.327 e. The van der Waals surface area contributed by atoms with E-state index < -0.39 is 12.0 Å². The zero-order valence-corrected chi connectivity index (χ0v) is 12.2. The van der Waals surface area contributed by atoms with Crippen LogP contribution in [0, 0.1) is 13.8 Å². The van der Waals surface area contributed by atoms with Crippen LogP contribution in [-0.2, 0) is 16.1 Å². The quantitative estimate of drug-likeness (QED) is 0.775. The van der Waals surface area contributed by atoms with Crippen molar-refractivity contribution in [2.24, 2.45) is 0 Å². The van der Waals surface area contributed by atoms with E-state index in [-0.39, 0.29) is 12.3 Å². The molecular formula is C12H19N3O3S. The zero-order valence-electron chi connectivity index (χ0n) is 11.3. The van der Waals surface area contributed by atoms with Crippen molar-refractivity contribution in [2.45, 2.75) is 32.9 Å². The second kappa shape index (κ2) is 7.18. The molecule has 0 aromatic carbocycles. The molecule has 0 aliphatic rings. The van der Waals surface area contributed by atoms with Crippen molar-refractivity contribution in [3.05, 3.63) is 17.5 Å². The Labute approximate surface area is 116 Å². The van der Waals surface area contributed by atoms with Gasteiger partial charge < -0.3 is 10.4 Å². The van der Waals surface area contributed by atoms with Crippen molar-refractivity contribution in [2.75, 3.05) is 12.0 Å². The molecule has 0 saturated heterocycles. The molecule has 1 heterocycles. The number of carboxylic acid groups (broad SMARTS) is 1. The monoisotopic (exact) mass is 285 g/mol. The highest BCUT2D eigenvalue weighted by molar-refractivity contribution is 7.98. The number of carbonyl (C=O) groups is 2. The van der Waals surface area contributed by atoms with Gasteiger partial charge in [-0.1, -0.05) is 0 Å². The van der Waals surface area contributed by atoms with Crippen molar-refractivity contribution < 1.29 is 14.7 Å². The molecule has 0 radical (unpaired) electrons. The zero-order chi connectivity index (χ0) is 14.4. The van der Waals surface area contributed by atoms with Gasteiger partial charge in [-0.05, 0) is 26.2 Å². The molecule has 0 fully saturated rings. The number of carbonyl (C=O) groups excluding carboxylic acids is 1. The third kappa shape index (κ3) is 4.94. The summed E-state index contributed by atoms with van der Waals surface area (Å²) in [6, 6.07) is 1.11. The SMILES string of the molecule is CSC[C@H](NC(=O)CCn1nc(C)cc1C)C(=O)O. The Kier molecular flexibility index (Phi) is 5.88. The molecule has 1 rings (SSSR count). The van der Waals surface area contributed by atoms with Crippen molar-refractivity contribution >= 4 is 23.6 Å². The largest absolute Gasteiger partial charge is 0.480 e. The number of hydrogen-bond acceptors (Lipinski definition) is 4. The molecule has 2 N–H and O–H groups in total. The first-order valence-electron chi connectivity index (χ1n) is 5.96. The van der Waals surface area contributed by atoms with Crippen molar-refractivity contribution in [3.8, 4) is 0 Å². The Morgan fingerprint density at radius 3 is 2.68 bits per heavy atom. The molecular weight excluding hydrogens is 266 g/mol. The lowest BCUT2D eigenvalue weighted by Gasteiger charge is -2.13. The molecule has 1 aromatic heterocycles. The van der Waals surface area contributed by atoms with Crippen molar-refractivity contribution in [3.63, 3.8) is 0 Å². The average Bonchev–Trinajstić information content (AvgIpc) is 2.64. The molecule has 1 atom stereocenters. The summed E-state index contributed by atoms with van der Waals surface area (Å²) in [4.78, 5) is 22.6. The smallest absolute Gasteiger partial charge is 0.327 e. The highest BCUT2D eigenvalue weighted by atomic mass is 32.2. The summed E-state index contributed by atoms with van der Waals surface area (Å²) < 4.78 is 1.75. The van der Waals surface area contributed by atoms with Crippen LogP contribution in [0.4, 0.5) is 0 Å². The molecule has 0 bridgehead atoms. The number of aliphatic carboxylic acids is 1. The molecule has 1 amide bonds. The molecule has 1 aromatic rings. The van der Waals surface area contributed by atoms with E-state index in [1.807, 2.05) is 19.9 Å². The second-order valence-corrected chi connectivity index (χ2v) is 5.22. The maximum absolute atomic E-state index is 11.7. The van der Waals surface area contributed by atoms with Crippen LogP contribution in [0.25, 0.3) is 0 Å². The van der Waals surface area contributed by atoms with Gasteiger partial charge >= 0.3 is 5.97 Å². The summed E-state index contributed by atoms with van der Waals surface area (Å²) in [7, 11) is 0. The molecule has 0 unspecified atom stereocenters. The lowest BCUT2D eigenvalue weighted by molar-refractivity contribution is -0.141. The van der Waals surface area contributed by atoms with Gasteiger partial charge in [0.2, 0.25) is 5.91 Å². The van der Waals surface area contributed by atoms with E-state index in [0.29, 0.717) is 12.3 Å². The van der Waals surface area contributed by atoms with Crippen molar-refractivity contribution in [1.82, 2.24) is 15.1 Å². The number of thioether (sulfide) groups is 1. The van der Waals surface area contributed by atoms with Gasteiger partial charge in [0.1, 0.15) is 6.04 Å². The van der Waals surface area contributed by atoms with Crippen LogP contribution in [0.2, 0.25) is 0 Å². The first kappa shape index (κ1) is 15.6. The summed E-state index contributed by atoms with van der Waals surface area (Å²) in [5, 5.41) is 15.7. The van der Waals surface area contributed by atoms with E-state index in [1.54, 1.807) is 10.9 Å². The van der Waals surface area contributed by atoms with E-state index in [4.69, 9.17) is 5.11 Å². The van der Waals surface area contributed by atoms with E-state index in [9.17, 15) is 9.59 Å². The summed E-state index contributed by atoms with van der Waals surface area (Å²) in [6.45, 7) is 4.27. The predicted octanol–water partition coefficient (Wildman–Crippen LogP) is 0.822. The lowest BCUT2D eigenvalue weighted by Crippen LogP contribution is -2.42. The van der Waals surface area contributed by atoms with Gasteiger partial charge in [-0.15, -0.1) is 0 Å². The number of amides is 1. The Hall–Kier alpha value is -1.50. The lowest BCUT2D eigenvalue weighted by atomic mass is 10.3. The second-order valence-electron chi connectivity index (χ2n) is 4.31. The topological polar surface area (TPSA) is 84.2 Å². The molecule has 0 saturated carbocycles. The van der Waals surface area contributed by atoms with Crippen LogP contribution in [-0.4, -0.2) is 44.8 Å². The van der Waals surface area contributed by atoms with Crippen molar-refractivity contribution in [1.29, 1.82) is 0 Å². The van der Waals surface area contributed by atoms with Gasteiger partial charge in [-0.3, -0.25) is 9.48 Å². The molecule has 19 heavy (non-hydrogen) atoms. The van der Waals surface area contributed by atoms with Gasteiger partial charge in [0.05, 0.1) is 5.69 Å². The van der Waals surface area contributed by atoms with Crippen LogP contribution in [0.15, 0.2) is 6.07 Å². The third-order valence-corrected chi connectivity index (χ3v) is 3.29. The van der Waals surface area contributed by atoms with Gasteiger partial charge in [0, 0.05) is 24.4 Å². The van der Waals surface area contributed by atoms with E-state index in [1.165, 1.54) is 11.8 Å². The number of nitrogens with one attached hydrogen (secondary N) is 1. The Balaban J connectivity index is 2.47. The summed E-state index contributed by atoms with van der Waals surface area (Å²) in [6.07, 6.45) is 2.03. The number of nitrogens with zero attached hydrogens (tertiary/aromatic N) is 2. The number of hydrogen-bond donors (Lipinski definition) is 2. The fraction of sp³-hybridized carbons (Fsp3) is 0.583. The molecule has 6 nitrogen and oxygen atoms in total. The molecule has 106 valence electrons. The van der Waals surface area contributed by atoms with Crippen LogP contribution in [0.5, 0.6) is 0 Å². The van der Waals surface area contributed by atoms with Gasteiger partial charge in [0.15, 0.2) is 0 Å². The summed E-state index contributed by atoms with van der Waals surface area (Å²) in [5.74, 6) is -0.913. The third-order valence-electron chi connectivity index (χ3n) is 2.62. The number of carboxylic acids is 1. The first-order chi connectivity index (χ1) is 8.93. The van der Waals surface area contributed by atoms with Gasteiger partial charge in [0.25, 0.3) is 0 Å². The van der Waals surface area contributed by atoms with Crippen LogP contribution in [0.3, 0.4) is 0 Å². The van der Waals surface area contributed by atoms with E-state index >= 15 is 0 Å². The van der Waals surface area contributed by atoms with Crippen LogP contribution >= 0.6 is 11.8 Å². The average molecular weight is 285 g/mol. The Morgan fingerprint density at radius 1 is 1.53 bits per heavy atom. The number of aromatic nitrogens is 2. The van der Waals surface area contributed by atoms with Gasteiger partial charge in [-0.2, -0.15) is 16.9 Å². The van der Waals surface area contributed by atoms with E-state index in [2.05, 4.69) is 10.4 Å². The Morgan fingerprint density at radius 2 is 2.21 bits per heavy atom. The van der Waals surface area contributed by atoms with E-state index in [0.717, 1.165) is 11.4 Å². The fourth-order valence-corrected chi connectivity index (χ4v) is 2.28. The maximum atomic E-state index is 11.7. The highest BCUT2D eigenvalue weighted by Gasteiger charge is 2.19. The molecule has 7 heteroatoms. The Bertz CT molecular complexity index is 459. The van der Waals surface area contributed by atoms with Crippen LogP contribution in [0.1, 0.15) is 17.8 Å². The fourth-order valence-electron chi connectivity index (χ4n) is 1.72. The minimum absolute atomic E-state index is 0.222. The molecule has 0 aliphatic carbocycles. The highest BCUT2D eigenvalue weighted by Crippen LogP contribution is 2.03. The first-order valence-corrected chi connectivity index (χ1v) is 7.35. The minimum atomic E-state index is -1.01. The number of aryl methyl sites for hydroxylation is 3. The minimum Gasteiger partial charge on any atom is -0.480 e. The normalized spacial score (nSPS) is 12.2. The van der Waals surface area contributed by atoms with Crippen LogP contribution < -0.4 is 5.32 Å². The standard InChI is InChI=1S/C12H19N3O3S/c1-8-6-9(2)15(14-8)5-4-11(16)13-10(7-19-3)12(17)18/h6,10H,4-5,7H2,1-3H3,(H,13,16)(H,17,18)/t10-/m0/s1. The molecule has 0 spiro atoms. The molecule has 0 aliphatic heterocycles. The predicted molar refractivity (Wildman–Crippen MR) is 74.3 cm³/mol. The van der Waals surface area contributed by atoms with Gasteiger partial charge in [-0.25, -0.2) is 4.79 Å². The summed E-state index contributed by atoms with van der Waals surface area (Å²) in [5.41, 5.74) is 1.90. The number of rotatable bonds is 7. The summed E-state index contributed by atoms with van der Waals surface area (Å²) >= 11 is 1.39.